The second-order valence-corrected chi connectivity index (χ2v) is 6.62. The maximum Gasteiger partial charge on any atom is 0.271 e. The molecule has 1 unspecified atom stereocenters. The average Bonchev–Trinajstić information content (AvgIpc) is 2.86. The van der Waals surface area contributed by atoms with E-state index in [0.717, 1.165) is 12.3 Å². The quantitative estimate of drug-likeness (QED) is 0.821. The molecule has 1 aliphatic rings. The summed E-state index contributed by atoms with van der Waals surface area (Å²) >= 11 is 3.89. The lowest BCUT2D eigenvalue weighted by Gasteiger charge is -2.20. The fraction of sp³-hybridized carbons (Fsp3) is 0.636. The fourth-order valence-corrected chi connectivity index (χ4v) is 4.31. The van der Waals surface area contributed by atoms with E-state index in [1.165, 1.54) is 11.5 Å². The van der Waals surface area contributed by atoms with Gasteiger partial charge in [0.15, 0.2) is 0 Å². The summed E-state index contributed by atoms with van der Waals surface area (Å²) in [5, 5.41) is 3.47. The zero-order valence-electron chi connectivity index (χ0n) is 10.2. The predicted molar refractivity (Wildman–Crippen MR) is 77.2 cm³/mol. The van der Waals surface area contributed by atoms with Crippen molar-refractivity contribution in [1.82, 2.24) is 14.9 Å². The third-order valence-electron chi connectivity index (χ3n) is 2.63. The molecule has 0 aliphatic carbocycles. The highest BCUT2D eigenvalue weighted by Crippen LogP contribution is 2.23. The fourth-order valence-electron chi connectivity index (χ4n) is 1.70. The van der Waals surface area contributed by atoms with E-state index < -0.39 is 0 Å². The summed E-state index contributed by atoms with van der Waals surface area (Å²) in [4.78, 5) is 16.0. The van der Waals surface area contributed by atoms with E-state index in [1.54, 1.807) is 12.5 Å². The molecule has 0 saturated carbocycles. The number of imidazole rings is 1. The largest absolute Gasteiger partial charge is 0.350 e. The summed E-state index contributed by atoms with van der Waals surface area (Å²) in [6, 6.07) is 0. The molecule has 1 saturated heterocycles. The zero-order chi connectivity index (χ0) is 12.8. The van der Waals surface area contributed by atoms with Gasteiger partial charge >= 0.3 is 0 Å². The van der Waals surface area contributed by atoms with Crippen LogP contribution in [0.4, 0.5) is 0 Å². The average molecular weight is 286 g/mol. The van der Waals surface area contributed by atoms with Crippen molar-refractivity contribution in [1.29, 1.82) is 0 Å². The Balaban J connectivity index is 1.79. The van der Waals surface area contributed by atoms with Crippen molar-refractivity contribution in [2.75, 3.05) is 30.3 Å². The molecule has 0 aromatic carbocycles. The number of aromatic nitrogens is 2. The van der Waals surface area contributed by atoms with Crippen LogP contribution in [0.2, 0.25) is 0 Å². The Morgan fingerprint density at radius 2 is 2.50 bits per heavy atom. The third-order valence-corrected chi connectivity index (χ3v) is 5.47. The minimum absolute atomic E-state index is 0.0954. The van der Waals surface area contributed by atoms with Crippen molar-refractivity contribution >= 4 is 29.4 Å². The second kappa shape index (κ2) is 7.06. The van der Waals surface area contributed by atoms with Gasteiger partial charge in [-0.1, -0.05) is 0 Å². The van der Waals surface area contributed by atoms with Gasteiger partial charge in [-0.15, -0.1) is 0 Å². The number of nitrogens with two attached hydrogens (primary N) is 1. The van der Waals surface area contributed by atoms with E-state index in [-0.39, 0.29) is 5.91 Å². The van der Waals surface area contributed by atoms with E-state index in [2.05, 4.69) is 10.3 Å². The van der Waals surface area contributed by atoms with Crippen LogP contribution in [-0.4, -0.2) is 51.1 Å². The van der Waals surface area contributed by atoms with Gasteiger partial charge in [0.05, 0.1) is 6.33 Å². The predicted octanol–water partition coefficient (Wildman–Crippen LogP) is 0.420. The molecule has 2 heterocycles. The summed E-state index contributed by atoms with van der Waals surface area (Å²) in [5.74, 6) is 3.42. The Bertz CT molecular complexity index is 390. The summed E-state index contributed by atoms with van der Waals surface area (Å²) < 4.78 is 1.83. The summed E-state index contributed by atoms with van der Waals surface area (Å²) in [5.41, 5.74) is 5.92. The van der Waals surface area contributed by atoms with E-state index in [4.69, 9.17) is 5.73 Å². The molecule has 7 heteroatoms. The standard InChI is InChI=1S/C11H18N4OS2/c12-1-2-15-6-10(14-8-15)11(16)13-5-9-7-17-3-4-18-9/h6,8-9H,1-5,7,12H2,(H,13,16). The lowest BCUT2D eigenvalue weighted by molar-refractivity contribution is 0.0949. The van der Waals surface area contributed by atoms with Crippen molar-refractivity contribution in [3.8, 4) is 0 Å². The van der Waals surface area contributed by atoms with Gasteiger partial charge in [0.1, 0.15) is 5.69 Å². The number of amides is 1. The van der Waals surface area contributed by atoms with Crippen LogP contribution >= 0.6 is 23.5 Å². The number of carbonyl (C=O) groups is 1. The highest BCUT2D eigenvalue weighted by atomic mass is 32.2. The summed E-state index contributed by atoms with van der Waals surface area (Å²) in [6.07, 6.45) is 3.39. The number of hydrogen-bond donors (Lipinski definition) is 2. The lowest BCUT2D eigenvalue weighted by atomic mass is 10.4. The van der Waals surface area contributed by atoms with Crippen molar-refractivity contribution in [2.45, 2.75) is 11.8 Å². The number of nitrogens with one attached hydrogen (secondary N) is 1. The van der Waals surface area contributed by atoms with E-state index in [1.807, 2.05) is 28.1 Å². The molecular formula is C11H18N4OS2. The molecule has 3 N–H and O–H groups in total. The molecule has 0 radical (unpaired) electrons. The Morgan fingerprint density at radius 3 is 3.22 bits per heavy atom. The first-order valence-corrected chi connectivity index (χ1v) is 8.19. The number of hydrogen-bond acceptors (Lipinski definition) is 5. The third kappa shape index (κ3) is 3.93. The minimum Gasteiger partial charge on any atom is -0.350 e. The van der Waals surface area contributed by atoms with Gasteiger partial charge in [-0.2, -0.15) is 23.5 Å². The van der Waals surface area contributed by atoms with Gasteiger partial charge < -0.3 is 15.6 Å². The molecule has 2 rings (SSSR count). The minimum atomic E-state index is -0.0954. The molecule has 100 valence electrons. The first-order chi connectivity index (χ1) is 8.79. The van der Waals surface area contributed by atoms with Crippen LogP contribution in [0, 0.1) is 0 Å². The molecular weight excluding hydrogens is 268 g/mol. The van der Waals surface area contributed by atoms with E-state index in [9.17, 15) is 4.79 Å². The van der Waals surface area contributed by atoms with Crippen molar-refractivity contribution in [2.24, 2.45) is 5.73 Å². The lowest BCUT2D eigenvalue weighted by Crippen LogP contribution is -2.33. The molecule has 1 aromatic heterocycles. The van der Waals surface area contributed by atoms with Gasteiger partial charge in [0.25, 0.3) is 5.91 Å². The Morgan fingerprint density at radius 1 is 1.61 bits per heavy atom. The second-order valence-electron chi connectivity index (χ2n) is 4.06. The van der Waals surface area contributed by atoms with Crippen LogP contribution < -0.4 is 11.1 Å². The van der Waals surface area contributed by atoms with Crippen LogP contribution in [0.5, 0.6) is 0 Å². The van der Waals surface area contributed by atoms with Gasteiger partial charge in [0, 0.05) is 48.3 Å². The van der Waals surface area contributed by atoms with Gasteiger partial charge in [-0.05, 0) is 0 Å². The van der Waals surface area contributed by atoms with Crippen molar-refractivity contribution in [3.05, 3.63) is 18.2 Å². The van der Waals surface area contributed by atoms with Crippen molar-refractivity contribution < 1.29 is 4.79 Å². The molecule has 5 nitrogen and oxygen atoms in total. The number of thioether (sulfide) groups is 2. The van der Waals surface area contributed by atoms with E-state index in [0.29, 0.717) is 24.0 Å². The van der Waals surface area contributed by atoms with Crippen LogP contribution in [0.1, 0.15) is 10.5 Å². The zero-order valence-corrected chi connectivity index (χ0v) is 11.8. The summed E-state index contributed by atoms with van der Waals surface area (Å²) in [7, 11) is 0. The van der Waals surface area contributed by atoms with Gasteiger partial charge in [-0.3, -0.25) is 4.79 Å². The smallest absolute Gasteiger partial charge is 0.271 e. The van der Waals surface area contributed by atoms with Crippen LogP contribution in [0.15, 0.2) is 12.5 Å². The van der Waals surface area contributed by atoms with Gasteiger partial charge in [-0.25, -0.2) is 4.98 Å². The van der Waals surface area contributed by atoms with Crippen LogP contribution in [-0.2, 0) is 6.54 Å². The maximum atomic E-state index is 11.9. The number of rotatable bonds is 5. The molecule has 0 bridgehead atoms. The molecule has 18 heavy (non-hydrogen) atoms. The molecule has 1 aromatic rings. The monoisotopic (exact) mass is 286 g/mol. The normalized spacial score (nSPS) is 19.7. The highest BCUT2D eigenvalue weighted by Gasteiger charge is 2.16. The molecule has 0 spiro atoms. The molecule has 1 atom stereocenters. The SMILES string of the molecule is NCCn1cnc(C(=O)NCC2CSCCS2)c1. The molecule has 1 aliphatic heterocycles. The number of nitrogens with zero attached hydrogens (tertiary/aromatic N) is 2. The first kappa shape index (κ1) is 13.8. The molecule has 1 amide bonds. The topological polar surface area (TPSA) is 72.9 Å². The Kier molecular flexibility index (Phi) is 5.40. The molecule has 1 fully saturated rings. The summed E-state index contributed by atoms with van der Waals surface area (Å²) in [6.45, 7) is 1.96. The van der Waals surface area contributed by atoms with Gasteiger partial charge in [0.2, 0.25) is 0 Å². The van der Waals surface area contributed by atoms with Crippen LogP contribution in [0.25, 0.3) is 0 Å². The Labute approximate surface area is 115 Å². The number of carbonyl (C=O) groups excluding carboxylic acids is 1. The van der Waals surface area contributed by atoms with Crippen molar-refractivity contribution in [3.63, 3.8) is 0 Å². The van der Waals surface area contributed by atoms with E-state index >= 15 is 0 Å². The van der Waals surface area contributed by atoms with Crippen LogP contribution in [0.3, 0.4) is 0 Å². The first-order valence-electron chi connectivity index (χ1n) is 5.99. The highest BCUT2D eigenvalue weighted by molar-refractivity contribution is 8.06. The Hall–Kier alpha value is -0.660. The maximum absolute atomic E-state index is 11.9.